The number of methoxy groups -OCH3 is 1. The molecule has 0 aromatic heterocycles. The molecule has 0 N–H and O–H groups in total. The van der Waals surface area contributed by atoms with Crippen LogP contribution in [-0.2, 0) is 14.8 Å². The second-order valence-electron chi connectivity index (χ2n) is 3.51. The van der Waals surface area contributed by atoms with E-state index in [1.165, 1.54) is 42.7 Å². The molecule has 1 aromatic carbocycles. The Bertz CT molecular complexity index is 552. The maximum atomic E-state index is 12.1. The first-order valence-corrected chi connectivity index (χ1v) is 6.57. The highest BCUT2D eigenvalue weighted by atomic mass is 32.2. The van der Waals surface area contributed by atoms with Gasteiger partial charge in [0, 0.05) is 31.3 Å². The van der Waals surface area contributed by atoms with Gasteiger partial charge >= 0.3 is 0 Å². The molecule has 0 amide bonds. The number of likely N-dealkylation sites (N-methyl/N-ethyl adjacent to an activating group) is 1. The van der Waals surface area contributed by atoms with Crippen LogP contribution in [0.5, 0.6) is 0 Å². The molecule has 98 valence electrons. The van der Waals surface area contributed by atoms with Crippen LogP contribution in [0.2, 0.25) is 0 Å². The molecule has 0 radical (unpaired) electrons. The van der Waals surface area contributed by atoms with Gasteiger partial charge in [0.15, 0.2) is 0 Å². The highest BCUT2D eigenvalue weighted by Gasteiger charge is 2.20. The molecule has 0 aliphatic rings. The van der Waals surface area contributed by atoms with Crippen LogP contribution in [0, 0.1) is 0 Å². The quantitative estimate of drug-likeness (QED) is 0.448. The molecule has 18 heavy (non-hydrogen) atoms. The molecule has 0 fully saturated rings. The average molecular weight is 270 g/mol. The van der Waals surface area contributed by atoms with Crippen LogP contribution < -0.4 is 0 Å². The van der Waals surface area contributed by atoms with E-state index in [4.69, 9.17) is 10.3 Å². The van der Waals surface area contributed by atoms with Crippen molar-refractivity contribution in [2.75, 3.05) is 27.3 Å². The van der Waals surface area contributed by atoms with E-state index in [0.717, 1.165) is 0 Å². The van der Waals surface area contributed by atoms with Gasteiger partial charge in [0.1, 0.15) is 0 Å². The SMILES string of the molecule is COCCN(C)S(=O)(=O)c1cccc(N=[N+]=[N-])c1. The van der Waals surface area contributed by atoms with Crippen LogP contribution in [0.1, 0.15) is 0 Å². The van der Waals surface area contributed by atoms with Gasteiger partial charge in [0.05, 0.1) is 11.5 Å². The minimum absolute atomic E-state index is 0.0889. The Kier molecular flexibility index (Phi) is 5.11. The Morgan fingerprint density at radius 2 is 2.22 bits per heavy atom. The lowest BCUT2D eigenvalue weighted by molar-refractivity contribution is 0.185. The Balaban J connectivity index is 3.04. The Labute approximate surface area is 106 Å². The highest BCUT2D eigenvalue weighted by Crippen LogP contribution is 2.20. The van der Waals surface area contributed by atoms with Gasteiger partial charge in [-0.2, -0.15) is 4.31 Å². The summed E-state index contributed by atoms with van der Waals surface area (Å²) >= 11 is 0. The first-order valence-electron chi connectivity index (χ1n) is 5.13. The van der Waals surface area contributed by atoms with Crippen molar-refractivity contribution >= 4 is 15.7 Å². The van der Waals surface area contributed by atoms with Crippen molar-refractivity contribution in [2.45, 2.75) is 4.90 Å². The highest BCUT2D eigenvalue weighted by molar-refractivity contribution is 7.89. The zero-order valence-corrected chi connectivity index (χ0v) is 11.0. The van der Waals surface area contributed by atoms with E-state index >= 15 is 0 Å². The Hall–Kier alpha value is -1.60. The number of benzene rings is 1. The zero-order chi connectivity index (χ0) is 13.6. The molecule has 0 atom stereocenters. The second kappa shape index (κ2) is 6.36. The number of azide groups is 1. The van der Waals surface area contributed by atoms with E-state index in [1.54, 1.807) is 0 Å². The monoisotopic (exact) mass is 270 g/mol. The fourth-order valence-electron chi connectivity index (χ4n) is 1.28. The molecule has 1 aromatic rings. The molecule has 8 heteroatoms. The van der Waals surface area contributed by atoms with Crippen molar-refractivity contribution < 1.29 is 13.2 Å². The first kappa shape index (κ1) is 14.5. The van der Waals surface area contributed by atoms with E-state index in [2.05, 4.69) is 10.0 Å². The minimum Gasteiger partial charge on any atom is -0.383 e. The summed E-state index contributed by atoms with van der Waals surface area (Å²) in [4.78, 5) is 2.71. The summed E-state index contributed by atoms with van der Waals surface area (Å²) in [6.45, 7) is 0.566. The second-order valence-corrected chi connectivity index (χ2v) is 5.55. The molecule has 1 rings (SSSR count). The molecule has 0 saturated carbocycles. The Morgan fingerprint density at radius 1 is 1.50 bits per heavy atom. The number of ether oxygens (including phenoxy) is 1. The largest absolute Gasteiger partial charge is 0.383 e. The molecule has 0 unspecified atom stereocenters. The zero-order valence-electron chi connectivity index (χ0n) is 10.1. The maximum Gasteiger partial charge on any atom is 0.242 e. The van der Waals surface area contributed by atoms with Gasteiger partial charge in [-0.3, -0.25) is 0 Å². The lowest BCUT2D eigenvalue weighted by Gasteiger charge is -2.16. The van der Waals surface area contributed by atoms with E-state index in [0.29, 0.717) is 6.61 Å². The van der Waals surface area contributed by atoms with Crippen LogP contribution in [0.25, 0.3) is 10.4 Å². The van der Waals surface area contributed by atoms with Crippen LogP contribution in [0.3, 0.4) is 0 Å². The topological polar surface area (TPSA) is 95.4 Å². The molecular weight excluding hydrogens is 256 g/mol. The molecule has 0 spiro atoms. The summed E-state index contributed by atoms with van der Waals surface area (Å²) < 4.78 is 30.3. The number of hydrogen-bond donors (Lipinski definition) is 0. The summed E-state index contributed by atoms with van der Waals surface area (Å²) in [6, 6.07) is 5.85. The van der Waals surface area contributed by atoms with Gasteiger partial charge in [0.2, 0.25) is 10.0 Å². The molecule has 0 bridgehead atoms. The number of sulfonamides is 1. The summed E-state index contributed by atoms with van der Waals surface area (Å²) in [6.07, 6.45) is 0. The fourth-order valence-corrected chi connectivity index (χ4v) is 2.47. The van der Waals surface area contributed by atoms with Crippen molar-refractivity contribution in [3.05, 3.63) is 34.7 Å². The predicted octanol–water partition coefficient (Wildman–Crippen LogP) is 1.90. The lowest BCUT2D eigenvalue weighted by atomic mass is 10.3. The smallest absolute Gasteiger partial charge is 0.242 e. The molecule has 0 saturated heterocycles. The van der Waals surface area contributed by atoms with Gasteiger partial charge in [0.25, 0.3) is 0 Å². The van der Waals surface area contributed by atoms with E-state index in [9.17, 15) is 8.42 Å². The van der Waals surface area contributed by atoms with Crippen LogP contribution in [0.4, 0.5) is 5.69 Å². The molecular formula is C10H14N4O3S. The van der Waals surface area contributed by atoms with E-state index in [1.807, 2.05) is 0 Å². The van der Waals surface area contributed by atoms with E-state index < -0.39 is 10.0 Å². The lowest BCUT2D eigenvalue weighted by Crippen LogP contribution is -2.30. The molecule has 7 nitrogen and oxygen atoms in total. The first-order chi connectivity index (χ1) is 8.52. The third-order valence-electron chi connectivity index (χ3n) is 2.30. The maximum absolute atomic E-state index is 12.1. The van der Waals surface area contributed by atoms with Crippen molar-refractivity contribution in [3.63, 3.8) is 0 Å². The molecule has 0 heterocycles. The fraction of sp³-hybridized carbons (Fsp3) is 0.400. The summed E-state index contributed by atoms with van der Waals surface area (Å²) in [7, 11) is -0.612. The van der Waals surface area contributed by atoms with Crippen LogP contribution in [-0.4, -0.2) is 40.0 Å². The van der Waals surface area contributed by atoms with Gasteiger partial charge < -0.3 is 4.74 Å². The van der Waals surface area contributed by atoms with Gasteiger partial charge in [-0.1, -0.05) is 17.2 Å². The van der Waals surface area contributed by atoms with Crippen LogP contribution in [0.15, 0.2) is 34.3 Å². The number of nitrogens with zero attached hydrogens (tertiary/aromatic N) is 4. The van der Waals surface area contributed by atoms with Crippen LogP contribution >= 0.6 is 0 Å². The number of rotatable bonds is 6. The minimum atomic E-state index is -3.58. The van der Waals surface area contributed by atoms with Gasteiger partial charge in [-0.15, -0.1) is 0 Å². The summed E-state index contributed by atoms with van der Waals surface area (Å²) in [5, 5.41) is 3.38. The third-order valence-corrected chi connectivity index (χ3v) is 4.15. The Morgan fingerprint density at radius 3 is 2.83 bits per heavy atom. The standard InChI is InChI=1S/C10H14N4O3S/c1-14(6-7-17-2)18(15,16)10-5-3-4-9(8-10)12-13-11/h3-5,8H,6-7H2,1-2H3. The summed E-state index contributed by atoms with van der Waals surface area (Å²) in [5.74, 6) is 0. The summed E-state index contributed by atoms with van der Waals surface area (Å²) in [5.41, 5.74) is 8.58. The van der Waals surface area contributed by atoms with Gasteiger partial charge in [-0.25, -0.2) is 8.42 Å². The normalized spacial score (nSPS) is 11.3. The van der Waals surface area contributed by atoms with Crippen molar-refractivity contribution in [3.8, 4) is 0 Å². The van der Waals surface area contributed by atoms with Crippen molar-refractivity contribution in [1.82, 2.24) is 4.31 Å². The van der Waals surface area contributed by atoms with Gasteiger partial charge in [-0.05, 0) is 17.7 Å². The van der Waals surface area contributed by atoms with Crippen molar-refractivity contribution in [1.29, 1.82) is 0 Å². The van der Waals surface area contributed by atoms with Crippen molar-refractivity contribution in [2.24, 2.45) is 5.11 Å². The number of hydrogen-bond acceptors (Lipinski definition) is 4. The van der Waals surface area contributed by atoms with E-state index in [-0.39, 0.29) is 17.1 Å². The third kappa shape index (κ3) is 3.44. The molecule has 0 aliphatic carbocycles. The molecule has 0 aliphatic heterocycles. The predicted molar refractivity (Wildman–Crippen MR) is 66.9 cm³/mol. The average Bonchev–Trinajstić information content (AvgIpc) is 2.36.